The minimum absolute atomic E-state index is 0. The highest BCUT2D eigenvalue weighted by Crippen LogP contribution is 2.26. The number of aromatic amines is 1. The Balaban J connectivity index is 0.00000210. The molecule has 5 nitrogen and oxygen atoms in total. The van der Waals surface area contributed by atoms with Gasteiger partial charge in [-0.15, -0.1) is 22.6 Å². The number of para-hydroxylation sites is 1. The Morgan fingerprint density at radius 2 is 1.85 bits per heavy atom. The van der Waals surface area contributed by atoms with E-state index in [0.717, 1.165) is 16.8 Å². The lowest BCUT2D eigenvalue weighted by atomic mass is 10.1. The summed E-state index contributed by atoms with van der Waals surface area (Å²) in [5.41, 5.74) is 11.1. The standard InChI is InChI=1S/C20H20N4OS.ClH/c1-13-6-2-3-7-14(13)12-26-20-24-23-19(25-20)17(21)10-15-11-22-18-9-5-4-8-16(15)18;/h2-9,11,17,22H,10,12,21H2,1H3;1H. The molecule has 0 saturated heterocycles. The maximum atomic E-state index is 6.30. The Bertz CT molecular complexity index is 1030. The Morgan fingerprint density at radius 1 is 1.07 bits per heavy atom. The van der Waals surface area contributed by atoms with E-state index in [2.05, 4.69) is 46.4 Å². The fourth-order valence-corrected chi connectivity index (χ4v) is 3.81. The molecule has 0 saturated carbocycles. The van der Waals surface area contributed by atoms with Gasteiger partial charge in [-0.1, -0.05) is 54.2 Å². The molecule has 2 heterocycles. The van der Waals surface area contributed by atoms with Crippen LogP contribution < -0.4 is 5.73 Å². The summed E-state index contributed by atoms with van der Waals surface area (Å²) in [6.07, 6.45) is 2.64. The molecule has 4 rings (SSSR count). The van der Waals surface area contributed by atoms with Crippen molar-refractivity contribution >= 4 is 35.1 Å². The first-order valence-corrected chi connectivity index (χ1v) is 9.50. The minimum Gasteiger partial charge on any atom is -0.414 e. The number of nitrogens with two attached hydrogens (primary N) is 1. The van der Waals surface area contributed by atoms with Crippen LogP contribution in [0.15, 0.2) is 64.4 Å². The number of halogens is 1. The first kappa shape index (κ1) is 19.5. The van der Waals surface area contributed by atoms with Crippen molar-refractivity contribution in [2.24, 2.45) is 5.73 Å². The molecule has 140 valence electrons. The van der Waals surface area contributed by atoms with E-state index in [1.807, 2.05) is 30.5 Å². The van der Waals surface area contributed by atoms with Gasteiger partial charge in [0.1, 0.15) is 0 Å². The third-order valence-electron chi connectivity index (χ3n) is 4.47. The molecule has 1 atom stereocenters. The number of H-pyrrole nitrogens is 1. The molecule has 27 heavy (non-hydrogen) atoms. The summed E-state index contributed by atoms with van der Waals surface area (Å²) in [7, 11) is 0. The van der Waals surface area contributed by atoms with Crippen molar-refractivity contribution in [1.29, 1.82) is 0 Å². The molecule has 3 N–H and O–H groups in total. The monoisotopic (exact) mass is 400 g/mol. The van der Waals surface area contributed by atoms with Gasteiger partial charge in [0.25, 0.3) is 5.22 Å². The molecule has 0 amide bonds. The van der Waals surface area contributed by atoms with Gasteiger partial charge in [0, 0.05) is 22.9 Å². The highest BCUT2D eigenvalue weighted by Gasteiger charge is 2.17. The zero-order valence-corrected chi connectivity index (χ0v) is 16.5. The Hall–Kier alpha value is -2.28. The van der Waals surface area contributed by atoms with E-state index in [1.165, 1.54) is 28.3 Å². The van der Waals surface area contributed by atoms with Gasteiger partial charge in [-0.2, -0.15) is 0 Å². The molecule has 0 bridgehead atoms. The maximum absolute atomic E-state index is 6.30. The van der Waals surface area contributed by atoms with Gasteiger partial charge in [0.2, 0.25) is 5.89 Å². The molecule has 2 aromatic carbocycles. The van der Waals surface area contributed by atoms with Crippen LogP contribution in [0.25, 0.3) is 10.9 Å². The van der Waals surface area contributed by atoms with Crippen LogP contribution in [0.4, 0.5) is 0 Å². The van der Waals surface area contributed by atoms with E-state index in [1.54, 1.807) is 0 Å². The quantitative estimate of drug-likeness (QED) is 0.453. The predicted molar refractivity (Wildman–Crippen MR) is 111 cm³/mol. The molecule has 1 unspecified atom stereocenters. The van der Waals surface area contributed by atoms with E-state index in [9.17, 15) is 0 Å². The highest BCUT2D eigenvalue weighted by atomic mass is 35.5. The lowest BCUT2D eigenvalue weighted by Gasteiger charge is -2.06. The number of aromatic nitrogens is 3. The van der Waals surface area contributed by atoms with E-state index >= 15 is 0 Å². The van der Waals surface area contributed by atoms with Crippen molar-refractivity contribution in [1.82, 2.24) is 15.2 Å². The second-order valence-electron chi connectivity index (χ2n) is 6.29. The molecule has 0 radical (unpaired) electrons. The topological polar surface area (TPSA) is 80.7 Å². The number of thioether (sulfide) groups is 1. The summed E-state index contributed by atoms with van der Waals surface area (Å²) in [4.78, 5) is 3.27. The van der Waals surface area contributed by atoms with Crippen molar-refractivity contribution < 1.29 is 4.42 Å². The number of benzene rings is 2. The van der Waals surface area contributed by atoms with Gasteiger partial charge in [0.05, 0.1) is 6.04 Å². The van der Waals surface area contributed by atoms with Crippen LogP contribution >= 0.6 is 24.2 Å². The van der Waals surface area contributed by atoms with E-state index in [-0.39, 0.29) is 18.4 Å². The number of rotatable bonds is 6. The van der Waals surface area contributed by atoms with E-state index in [0.29, 0.717) is 17.5 Å². The molecule has 2 aromatic heterocycles. The number of hydrogen-bond donors (Lipinski definition) is 2. The average molecular weight is 401 g/mol. The molecule has 0 aliphatic rings. The Kier molecular flexibility index (Phi) is 6.21. The molecule has 4 aromatic rings. The van der Waals surface area contributed by atoms with Crippen LogP contribution in [-0.2, 0) is 12.2 Å². The third-order valence-corrected chi connectivity index (χ3v) is 5.33. The zero-order valence-electron chi connectivity index (χ0n) is 14.9. The lowest BCUT2D eigenvalue weighted by molar-refractivity contribution is 0.385. The summed E-state index contributed by atoms with van der Waals surface area (Å²) in [6, 6.07) is 16.2. The first-order valence-electron chi connectivity index (χ1n) is 8.52. The molecule has 0 fully saturated rings. The number of aryl methyl sites for hydroxylation is 1. The number of nitrogens with zero attached hydrogens (tertiary/aromatic N) is 2. The number of nitrogens with one attached hydrogen (secondary N) is 1. The molecular formula is C20H21ClN4OS. The minimum atomic E-state index is -0.325. The fraction of sp³-hybridized carbons (Fsp3) is 0.200. The maximum Gasteiger partial charge on any atom is 0.276 e. The van der Waals surface area contributed by atoms with Gasteiger partial charge in [-0.3, -0.25) is 0 Å². The van der Waals surface area contributed by atoms with Gasteiger partial charge in [-0.25, -0.2) is 0 Å². The summed E-state index contributed by atoms with van der Waals surface area (Å²) in [6.45, 7) is 2.10. The Morgan fingerprint density at radius 3 is 2.70 bits per heavy atom. The van der Waals surface area contributed by atoms with Crippen LogP contribution in [0.2, 0.25) is 0 Å². The molecule has 0 aliphatic carbocycles. The third kappa shape index (κ3) is 4.35. The summed E-state index contributed by atoms with van der Waals surface area (Å²) >= 11 is 1.53. The Labute approximate surface area is 168 Å². The second kappa shape index (κ2) is 8.61. The van der Waals surface area contributed by atoms with E-state index < -0.39 is 0 Å². The van der Waals surface area contributed by atoms with Crippen LogP contribution in [0.3, 0.4) is 0 Å². The van der Waals surface area contributed by atoms with Crippen LogP contribution in [-0.4, -0.2) is 15.2 Å². The lowest BCUT2D eigenvalue weighted by Crippen LogP contribution is -2.13. The predicted octanol–water partition coefficient (Wildman–Crippen LogP) is 4.82. The van der Waals surface area contributed by atoms with Gasteiger partial charge < -0.3 is 15.1 Å². The smallest absolute Gasteiger partial charge is 0.276 e. The highest BCUT2D eigenvalue weighted by molar-refractivity contribution is 7.98. The van der Waals surface area contributed by atoms with Crippen LogP contribution in [0.1, 0.15) is 28.6 Å². The first-order chi connectivity index (χ1) is 12.7. The molecular weight excluding hydrogens is 380 g/mol. The van der Waals surface area contributed by atoms with E-state index in [4.69, 9.17) is 10.2 Å². The summed E-state index contributed by atoms with van der Waals surface area (Å²) in [5.74, 6) is 1.27. The van der Waals surface area contributed by atoms with Crippen molar-refractivity contribution in [3.63, 3.8) is 0 Å². The molecule has 0 aliphatic heterocycles. The molecule has 7 heteroatoms. The van der Waals surface area contributed by atoms with Crippen molar-refractivity contribution in [2.75, 3.05) is 0 Å². The molecule has 0 spiro atoms. The van der Waals surface area contributed by atoms with Crippen molar-refractivity contribution in [3.8, 4) is 0 Å². The number of hydrogen-bond acceptors (Lipinski definition) is 5. The second-order valence-corrected chi connectivity index (χ2v) is 7.22. The van der Waals surface area contributed by atoms with Crippen LogP contribution in [0.5, 0.6) is 0 Å². The average Bonchev–Trinajstić information content (AvgIpc) is 3.29. The van der Waals surface area contributed by atoms with Gasteiger partial charge in [-0.05, 0) is 36.1 Å². The van der Waals surface area contributed by atoms with Crippen LogP contribution in [0, 0.1) is 6.92 Å². The largest absolute Gasteiger partial charge is 0.414 e. The normalized spacial score (nSPS) is 12.1. The summed E-state index contributed by atoms with van der Waals surface area (Å²) < 4.78 is 5.77. The van der Waals surface area contributed by atoms with Crippen molar-refractivity contribution in [2.45, 2.75) is 30.4 Å². The SMILES string of the molecule is Cc1ccccc1CSc1nnc(C(N)Cc2c[nH]c3ccccc23)o1.Cl. The fourth-order valence-electron chi connectivity index (χ4n) is 2.96. The van der Waals surface area contributed by atoms with Gasteiger partial charge >= 0.3 is 0 Å². The zero-order chi connectivity index (χ0) is 17.9. The summed E-state index contributed by atoms with van der Waals surface area (Å²) in [5, 5.41) is 10.0. The van der Waals surface area contributed by atoms with Gasteiger partial charge in [0.15, 0.2) is 0 Å². The van der Waals surface area contributed by atoms with Crippen molar-refractivity contribution in [3.05, 3.63) is 77.3 Å². The number of fused-ring (bicyclic) bond motifs is 1.